The summed E-state index contributed by atoms with van der Waals surface area (Å²) in [7, 11) is -7.37. The van der Waals surface area contributed by atoms with Crippen molar-refractivity contribution in [3.8, 4) is 0 Å². The minimum absolute atomic E-state index is 0.0341. The number of anilines is 3. The first-order valence-electron chi connectivity index (χ1n) is 8.68. The summed E-state index contributed by atoms with van der Waals surface area (Å²) in [6.07, 6.45) is 0.909. The number of carboxylic acid groups (broad SMARTS) is 1. The molecule has 2 aromatic carbocycles. The highest BCUT2D eigenvalue weighted by Gasteiger charge is 2.35. The Hall–Kier alpha value is -3.12. The molecule has 3 N–H and O–H groups in total. The Labute approximate surface area is 173 Å². The van der Waals surface area contributed by atoms with E-state index in [4.69, 9.17) is 5.11 Å². The first-order chi connectivity index (χ1) is 13.9. The van der Waals surface area contributed by atoms with Crippen molar-refractivity contribution in [1.82, 2.24) is 0 Å². The van der Waals surface area contributed by atoms with Gasteiger partial charge >= 0.3 is 5.97 Å². The van der Waals surface area contributed by atoms with Crippen LogP contribution in [-0.4, -0.2) is 46.6 Å². The second kappa shape index (κ2) is 7.95. The van der Waals surface area contributed by atoms with Gasteiger partial charge < -0.3 is 10.0 Å². The van der Waals surface area contributed by atoms with Crippen molar-refractivity contribution in [2.24, 2.45) is 5.92 Å². The number of aliphatic carboxylic acids is 1. The van der Waals surface area contributed by atoms with Gasteiger partial charge in [0.2, 0.25) is 15.9 Å². The van der Waals surface area contributed by atoms with Crippen LogP contribution in [0, 0.1) is 5.92 Å². The van der Waals surface area contributed by atoms with Gasteiger partial charge in [-0.1, -0.05) is 0 Å². The van der Waals surface area contributed by atoms with Crippen LogP contribution in [0.4, 0.5) is 17.1 Å². The summed E-state index contributed by atoms with van der Waals surface area (Å²) in [6.45, 7) is 0.0341. The first kappa shape index (κ1) is 21.6. The van der Waals surface area contributed by atoms with E-state index in [1.807, 2.05) is 0 Å². The zero-order valence-electron chi connectivity index (χ0n) is 15.8. The second-order valence-corrected chi connectivity index (χ2v) is 10.2. The predicted molar refractivity (Wildman–Crippen MR) is 110 cm³/mol. The molecule has 10 nitrogen and oxygen atoms in total. The van der Waals surface area contributed by atoms with Crippen molar-refractivity contribution in [1.29, 1.82) is 0 Å². The molecule has 0 spiro atoms. The predicted octanol–water partition coefficient (Wildman–Crippen LogP) is 1.30. The molecule has 2 aromatic rings. The van der Waals surface area contributed by atoms with Crippen molar-refractivity contribution >= 4 is 49.0 Å². The molecule has 1 heterocycles. The molecule has 1 aliphatic heterocycles. The molecule has 0 bridgehead atoms. The molecular formula is C18H19N3O7S2. The molecule has 3 rings (SSSR count). The van der Waals surface area contributed by atoms with Crippen molar-refractivity contribution in [2.45, 2.75) is 11.3 Å². The van der Waals surface area contributed by atoms with E-state index in [1.54, 1.807) is 0 Å². The Morgan fingerprint density at radius 1 is 0.967 bits per heavy atom. The maximum absolute atomic E-state index is 12.6. The third-order valence-electron chi connectivity index (χ3n) is 4.37. The maximum Gasteiger partial charge on any atom is 0.308 e. The number of nitrogens with one attached hydrogen (secondary N) is 2. The second-order valence-electron chi connectivity index (χ2n) is 6.79. The van der Waals surface area contributed by atoms with E-state index in [0.29, 0.717) is 11.4 Å². The fourth-order valence-electron chi connectivity index (χ4n) is 2.96. The normalized spacial score (nSPS) is 17.0. The molecule has 1 amide bonds. The van der Waals surface area contributed by atoms with E-state index in [-0.39, 0.29) is 29.5 Å². The standard InChI is InChI=1S/C18H19N3O7S2/c1-29(25,26)19-13-2-4-14(5-3-13)20-30(27,28)16-8-6-15(7-9-16)21-11-12(18(23)24)10-17(21)22/h2-9,12,19-20H,10-11H2,1H3,(H,23,24). The van der Waals surface area contributed by atoms with Crippen LogP contribution in [0.1, 0.15) is 6.42 Å². The molecule has 30 heavy (non-hydrogen) atoms. The van der Waals surface area contributed by atoms with Crippen LogP contribution in [0.3, 0.4) is 0 Å². The Balaban J connectivity index is 1.72. The van der Waals surface area contributed by atoms with E-state index in [0.717, 1.165) is 6.26 Å². The van der Waals surface area contributed by atoms with Crippen molar-refractivity contribution in [3.63, 3.8) is 0 Å². The highest BCUT2D eigenvalue weighted by molar-refractivity contribution is 7.92. The number of carboxylic acids is 1. The lowest BCUT2D eigenvalue weighted by Gasteiger charge is -2.16. The lowest BCUT2D eigenvalue weighted by molar-refractivity contribution is -0.141. The molecular weight excluding hydrogens is 434 g/mol. The number of nitrogens with zero attached hydrogens (tertiary/aromatic N) is 1. The average molecular weight is 453 g/mol. The number of hydrogen-bond donors (Lipinski definition) is 3. The molecule has 12 heteroatoms. The van der Waals surface area contributed by atoms with Crippen LogP contribution in [0.15, 0.2) is 53.4 Å². The average Bonchev–Trinajstić information content (AvgIpc) is 3.04. The highest BCUT2D eigenvalue weighted by atomic mass is 32.2. The summed E-state index contributed by atoms with van der Waals surface area (Å²) in [5, 5.41) is 9.06. The highest BCUT2D eigenvalue weighted by Crippen LogP contribution is 2.27. The van der Waals surface area contributed by atoms with Gasteiger partial charge in [-0.15, -0.1) is 0 Å². The zero-order chi connectivity index (χ0) is 22.1. The number of carbonyl (C=O) groups excluding carboxylic acids is 1. The molecule has 1 unspecified atom stereocenters. The van der Waals surface area contributed by atoms with Gasteiger partial charge in [-0.2, -0.15) is 0 Å². The quantitative estimate of drug-likeness (QED) is 0.572. The van der Waals surface area contributed by atoms with Gasteiger partial charge in [0.1, 0.15) is 0 Å². The third kappa shape index (κ3) is 5.07. The fourth-order valence-corrected chi connectivity index (χ4v) is 4.59. The maximum atomic E-state index is 12.6. The molecule has 0 aromatic heterocycles. The molecule has 160 valence electrons. The van der Waals surface area contributed by atoms with Gasteiger partial charge in [0, 0.05) is 30.0 Å². The number of benzene rings is 2. The summed E-state index contributed by atoms with van der Waals surface area (Å²) in [4.78, 5) is 24.4. The molecule has 1 fully saturated rings. The smallest absolute Gasteiger partial charge is 0.308 e. The van der Waals surface area contributed by atoms with Crippen molar-refractivity contribution in [3.05, 3.63) is 48.5 Å². The van der Waals surface area contributed by atoms with Gasteiger partial charge in [0.05, 0.1) is 17.1 Å². The summed E-state index contributed by atoms with van der Waals surface area (Å²) in [6, 6.07) is 11.2. The molecule has 0 aliphatic carbocycles. The summed E-state index contributed by atoms with van der Waals surface area (Å²) >= 11 is 0. The molecule has 1 aliphatic rings. The van der Waals surface area contributed by atoms with Gasteiger partial charge in [-0.3, -0.25) is 19.0 Å². The Kier molecular flexibility index (Phi) is 5.72. The van der Waals surface area contributed by atoms with E-state index >= 15 is 0 Å². The third-order valence-corrected chi connectivity index (χ3v) is 6.38. The van der Waals surface area contributed by atoms with Crippen LogP contribution in [0.2, 0.25) is 0 Å². The zero-order valence-corrected chi connectivity index (χ0v) is 17.4. The summed E-state index contributed by atoms with van der Waals surface area (Å²) in [5.41, 5.74) is 0.941. The lowest BCUT2D eigenvalue weighted by atomic mass is 10.1. The Morgan fingerprint density at radius 2 is 1.50 bits per heavy atom. The summed E-state index contributed by atoms with van der Waals surface area (Å²) < 4.78 is 52.2. The van der Waals surface area contributed by atoms with Gasteiger partial charge in [0.25, 0.3) is 10.0 Å². The first-order valence-corrected chi connectivity index (χ1v) is 12.1. The molecule has 1 saturated heterocycles. The SMILES string of the molecule is CS(=O)(=O)Nc1ccc(NS(=O)(=O)c2ccc(N3CC(C(=O)O)CC3=O)cc2)cc1. The molecule has 0 saturated carbocycles. The molecule has 1 atom stereocenters. The van der Waals surface area contributed by atoms with Crippen LogP contribution in [0.25, 0.3) is 0 Å². The van der Waals surface area contributed by atoms with E-state index < -0.39 is 31.9 Å². The fraction of sp³-hybridized carbons (Fsp3) is 0.222. The topological polar surface area (TPSA) is 150 Å². The van der Waals surface area contributed by atoms with Crippen molar-refractivity contribution < 1.29 is 31.5 Å². The number of sulfonamides is 2. The number of carbonyl (C=O) groups is 2. The largest absolute Gasteiger partial charge is 0.481 e. The van der Waals surface area contributed by atoms with Gasteiger partial charge in [-0.05, 0) is 48.5 Å². The van der Waals surface area contributed by atoms with Crippen molar-refractivity contribution in [2.75, 3.05) is 27.1 Å². The van der Waals surface area contributed by atoms with E-state index in [9.17, 15) is 26.4 Å². The monoisotopic (exact) mass is 453 g/mol. The van der Waals surface area contributed by atoms with E-state index in [1.165, 1.54) is 53.4 Å². The number of amides is 1. The van der Waals surface area contributed by atoms with E-state index in [2.05, 4.69) is 9.44 Å². The van der Waals surface area contributed by atoms with Crippen LogP contribution < -0.4 is 14.3 Å². The van der Waals surface area contributed by atoms with Gasteiger partial charge in [-0.25, -0.2) is 16.8 Å². The minimum atomic E-state index is -3.93. The Bertz CT molecular complexity index is 1180. The Morgan fingerprint density at radius 3 is 1.97 bits per heavy atom. The van der Waals surface area contributed by atoms with Crippen LogP contribution in [-0.2, 0) is 29.6 Å². The molecule has 0 radical (unpaired) electrons. The lowest BCUT2D eigenvalue weighted by Crippen LogP contribution is -2.25. The van der Waals surface area contributed by atoms with Gasteiger partial charge in [0.15, 0.2) is 0 Å². The van der Waals surface area contributed by atoms with Crippen LogP contribution in [0.5, 0.6) is 0 Å². The minimum Gasteiger partial charge on any atom is -0.481 e. The summed E-state index contributed by atoms with van der Waals surface area (Å²) in [5.74, 6) is -2.17. The number of hydrogen-bond acceptors (Lipinski definition) is 6. The number of rotatable bonds is 7. The van der Waals surface area contributed by atoms with Crippen LogP contribution >= 0.6 is 0 Å².